The van der Waals surface area contributed by atoms with Crippen molar-refractivity contribution >= 4 is 45.1 Å². The number of aromatic nitrogens is 2. The van der Waals surface area contributed by atoms with Crippen molar-refractivity contribution in [2.45, 2.75) is 31.8 Å². The van der Waals surface area contributed by atoms with Gasteiger partial charge in [-0.1, -0.05) is 0 Å². The van der Waals surface area contributed by atoms with Crippen molar-refractivity contribution in [3.05, 3.63) is 27.2 Å². The standard InChI is InChI=1S/C13H13BrFN3OS/c14-8-5-11-10(6-9(8)15)17-13(20)18(11)4-3-12(19)16-7-1-2-7/h5-7H,1-4H2,(H,16,19)(H,17,20). The molecule has 0 unspecified atom stereocenters. The molecule has 0 aliphatic heterocycles. The Morgan fingerprint density at radius 2 is 2.30 bits per heavy atom. The summed E-state index contributed by atoms with van der Waals surface area (Å²) in [6.45, 7) is 0.482. The molecule has 0 bridgehead atoms. The van der Waals surface area contributed by atoms with Crippen molar-refractivity contribution in [3.8, 4) is 0 Å². The fraction of sp³-hybridized carbons (Fsp3) is 0.385. The first kappa shape index (κ1) is 13.8. The average molecular weight is 358 g/mol. The second kappa shape index (κ2) is 5.29. The van der Waals surface area contributed by atoms with Gasteiger partial charge in [-0.05, 0) is 47.1 Å². The number of hydrogen-bond acceptors (Lipinski definition) is 2. The van der Waals surface area contributed by atoms with E-state index in [1.807, 2.05) is 4.57 Å². The zero-order valence-corrected chi connectivity index (χ0v) is 13.0. The van der Waals surface area contributed by atoms with Gasteiger partial charge in [0.2, 0.25) is 5.91 Å². The van der Waals surface area contributed by atoms with Crippen LogP contribution in [0.15, 0.2) is 16.6 Å². The van der Waals surface area contributed by atoms with Crippen molar-refractivity contribution in [3.63, 3.8) is 0 Å². The van der Waals surface area contributed by atoms with E-state index in [2.05, 4.69) is 26.2 Å². The van der Waals surface area contributed by atoms with Crippen LogP contribution in [0.3, 0.4) is 0 Å². The molecule has 1 aliphatic rings. The van der Waals surface area contributed by atoms with Gasteiger partial charge in [0.15, 0.2) is 4.77 Å². The maximum absolute atomic E-state index is 13.5. The van der Waals surface area contributed by atoms with E-state index < -0.39 is 0 Å². The van der Waals surface area contributed by atoms with Crippen LogP contribution in [-0.4, -0.2) is 21.5 Å². The summed E-state index contributed by atoms with van der Waals surface area (Å²) in [5.41, 5.74) is 1.43. The largest absolute Gasteiger partial charge is 0.353 e. The number of aryl methyl sites for hydroxylation is 1. The van der Waals surface area contributed by atoms with Crippen molar-refractivity contribution in [2.75, 3.05) is 0 Å². The number of carbonyl (C=O) groups is 1. The molecule has 2 N–H and O–H groups in total. The van der Waals surface area contributed by atoms with Crippen LogP contribution in [0.25, 0.3) is 11.0 Å². The van der Waals surface area contributed by atoms with E-state index in [4.69, 9.17) is 12.2 Å². The number of benzene rings is 1. The highest BCUT2D eigenvalue weighted by molar-refractivity contribution is 9.10. The molecule has 0 spiro atoms. The van der Waals surface area contributed by atoms with E-state index in [9.17, 15) is 9.18 Å². The van der Waals surface area contributed by atoms with Gasteiger partial charge in [-0.2, -0.15) is 0 Å². The van der Waals surface area contributed by atoms with Crippen LogP contribution in [-0.2, 0) is 11.3 Å². The molecular formula is C13H13BrFN3OS. The molecule has 1 aliphatic carbocycles. The zero-order valence-electron chi connectivity index (χ0n) is 10.6. The number of amides is 1. The van der Waals surface area contributed by atoms with Gasteiger partial charge in [-0.15, -0.1) is 0 Å². The number of H-pyrrole nitrogens is 1. The molecule has 106 valence electrons. The van der Waals surface area contributed by atoms with Crippen molar-refractivity contribution in [2.24, 2.45) is 0 Å². The average Bonchev–Trinajstić information content (AvgIpc) is 3.13. The minimum absolute atomic E-state index is 0.0323. The number of aromatic amines is 1. The second-order valence-electron chi connectivity index (χ2n) is 4.96. The minimum atomic E-state index is -0.340. The zero-order chi connectivity index (χ0) is 14.3. The lowest BCUT2D eigenvalue weighted by atomic mass is 10.3. The predicted molar refractivity (Wildman–Crippen MR) is 80.6 cm³/mol. The van der Waals surface area contributed by atoms with Crippen molar-refractivity contribution in [1.82, 2.24) is 14.9 Å². The lowest BCUT2D eigenvalue weighted by Crippen LogP contribution is -2.26. The summed E-state index contributed by atoms with van der Waals surface area (Å²) in [5, 5.41) is 2.94. The van der Waals surface area contributed by atoms with Gasteiger partial charge in [0.25, 0.3) is 0 Å². The van der Waals surface area contributed by atoms with Gasteiger partial charge in [0.1, 0.15) is 5.82 Å². The lowest BCUT2D eigenvalue weighted by molar-refractivity contribution is -0.121. The number of fused-ring (bicyclic) bond motifs is 1. The molecule has 1 aromatic carbocycles. The summed E-state index contributed by atoms with van der Waals surface area (Å²) in [5.74, 6) is -0.308. The van der Waals surface area contributed by atoms with Crippen LogP contribution in [0.4, 0.5) is 4.39 Å². The molecule has 1 heterocycles. The quantitative estimate of drug-likeness (QED) is 0.825. The number of nitrogens with zero attached hydrogens (tertiary/aromatic N) is 1. The van der Waals surface area contributed by atoms with Gasteiger partial charge < -0.3 is 14.9 Å². The Morgan fingerprint density at radius 1 is 1.55 bits per heavy atom. The smallest absolute Gasteiger partial charge is 0.222 e. The summed E-state index contributed by atoms with van der Waals surface area (Å²) in [7, 11) is 0. The number of carbonyl (C=O) groups excluding carboxylic acids is 1. The molecule has 0 atom stereocenters. The van der Waals surface area contributed by atoms with Crippen LogP contribution in [0, 0.1) is 10.6 Å². The maximum Gasteiger partial charge on any atom is 0.222 e. The van der Waals surface area contributed by atoms with E-state index in [0.717, 1.165) is 18.4 Å². The molecule has 4 nitrogen and oxygen atoms in total. The Morgan fingerprint density at radius 3 is 3.00 bits per heavy atom. The summed E-state index contributed by atoms with van der Waals surface area (Å²) >= 11 is 8.39. The van der Waals surface area contributed by atoms with Gasteiger partial charge in [0, 0.05) is 25.1 Å². The molecule has 0 saturated heterocycles. The number of rotatable bonds is 4. The first-order valence-electron chi connectivity index (χ1n) is 6.41. The van der Waals surface area contributed by atoms with Gasteiger partial charge in [-0.25, -0.2) is 4.39 Å². The summed E-state index contributed by atoms with van der Waals surface area (Å²) in [6, 6.07) is 3.44. The Hall–Kier alpha value is -1.21. The predicted octanol–water partition coefficient (Wildman–Crippen LogP) is 3.27. The number of hydrogen-bond donors (Lipinski definition) is 2. The maximum atomic E-state index is 13.5. The lowest BCUT2D eigenvalue weighted by Gasteiger charge is -2.06. The van der Waals surface area contributed by atoms with Crippen LogP contribution in [0.2, 0.25) is 0 Å². The summed E-state index contributed by atoms with van der Waals surface area (Å²) < 4.78 is 16.2. The Bertz CT molecular complexity index is 735. The van der Waals surface area contributed by atoms with Crippen LogP contribution in [0.1, 0.15) is 19.3 Å². The molecule has 1 saturated carbocycles. The third-order valence-corrected chi connectivity index (χ3v) is 4.25. The number of halogens is 2. The van der Waals surface area contributed by atoms with Gasteiger partial charge >= 0.3 is 0 Å². The Labute approximate surface area is 128 Å². The summed E-state index contributed by atoms with van der Waals surface area (Å²) in [6.07, 6.45) is 2.52. The summed E-state index contributed by atoms with van der Waals surface area (Å²) in [4.78, 5) is 14.7. The molecular weight excluding hydrogens is 345 g/mol. The van der Waals surface area contributed by atoms with E-state index >= 15 is 0 Å². The first-order chi connectivity index (χ1) is 9.54. The molecule has 0 radical (unpaired) electrons. The normalized spacial score (nSPS) is 14.7. The highest BCUT2D eigenvalue weighted by Gasteiger charge is 2.23. The molecule has 7 heteroatoms. The van der Waals surface area contributed by atoms with E-state index in [1.54, 1.807) is 6.07 Å². The highest BCUT2D eigenvalue weighted by Crippen LogP contribution is 2.23. The fourth-order valence-electron chi connectivity index (χ4n) is 2.11. The van der Waals surface area contributed by atoms with Crippen LogP contribution in [0.5, 0.6) is 0 Å². The first-order valence-corrected chi connectivity index (χ1v) is 7.61. The molecule has 1 amide bonds. The van der Waals surface area contributed by atoms with Crippen molar-refractivity contribution in [1.29, 1.82) is 0 Å². The Balaban J connectivity index is 1.83. The van der Waals surface area contributed by atoms with Crippen LogP contribution >= 0.6 is 28.1 Å². The monoisotopic (exact) mass is 357 g/mol. The molecule has 20 heavy (non-hydrogen) atoms. The van der Waals surface area contributed by atoms with Crippen LogP contribution < -0.4 is 5.32 Å². The number of nitrogens with one attached hydrogen (secondary N) is 2. The van der Waals surface area contributed by atoms with E-state index in [0.29, 0.717) is 33.8 Å². The van der Waals surface area contributed by atoms with Gasteiger partial charge in [0.05, 0.1) is 15.5 Å². The molecule has 2 aromatic rings. The van der Waals surface area contributed by atoms with Gasteiger partial charge in [-0.3, -0.25) is 4.79 Å². The second-order valence-corrected chi connectivity index (χ2v) is 6.20. The topological polar surface area (TPSA) is 49.8 Å². The third-order valence-electron chi connectivity index (χ3n) is 3.32. The molecule has 1 fully saturated rings. The van der Waals surface area contributed by atoms with E-state index in [1.165, 1.54) is 6.07 Å². The molecule has 3 rings (SSSR count). The highest BCUT2D eigenvalue weighted by atomic mass is 79.9. The van der Waals surface area contributed by atoms with E-state index in [-0.39, 0.29) is 11.7 Å². The number of imidazole rings is 1. The Kier molecular flexibility index (Phi) is 3.64. The van der Waals surface area contributed by atoms with Crippen molar-refractivity contribution < 1.29 is 9.18 Å². The fourth-order valence-corrected chi connectivity index (χ4v) is 2.75. The minimum Gasteiger partial charge on any atom is -0.353 e. The SMILES string of the molecule is O=C(CCn1c(=S)[nH]c2cc(F)c(Br)cc21)NC1CC1. The third kappa shape index (κ3) is 2.78. The molecule has 1 aromatic heterocycles.